The first-order chi connectivity index (χ1) is 15.1. The maximum Gasteiger partial charge on any atom is 0.190 e. The van der Waals surface area contributed by atoms with Crippen molar-refractivity contribution >= 4 is 46.1 Å². The molecule has 2 aromatic carbocycles. The zero-order valence-electron chi connectivity index (χ0n) is 16.2. The number of fused-ring (bicyclic) bond motifs is 3. The van der Waals surface area contributed by atoms with Crippen LogP contribution in [0.1, 0.15) is 0 Å². The highest BCUT2D eigenvalue weighted by Gasteiger charge is 2.32. The van der Waals surface area contributed by atoms with E-state index in [9.17, 15) is 4.39 Å². The quantitative estimate of drug-likeness (QED) is 0.553. The molecule has 2 bridgehead atoms. The van der Waals surface area contributed by atoms with E-state index in [1.807, 2.05) is 0 Å². The van der Waals surface area contributed by atoms with Gasteiger partial charge in [0.1, 0.15) is 18.0 Å². The Morgan fingerprint density at radius 2 is 2.06 bits per heavy atom. The van der Waals surface area contributed by atoms with E-state index >= 15 is 0 Å². The summed E-state index contributed by atoms with van der Waals surface area (Å²) >= 11 is 5.82. The molecule has 0 spiro atoms. The topological polar surface area (TPSA) is 90.2 Å². The second-order valence-corrected chi connectivity index (χ2v) is 7.08. The molecule has 5 rings (SSSR count). The molecule has 156 valence electrons. The Balaban J connectivity index is 1.37. The molecule has 8 nitrogen and oxygen atoms in total. The van der Waals surface area contributed by atoms with Gasteiger partial charge in [0.05, 0.1) is 24.0 Å². The van der Waals surface area contributed by atoms with Crippen LogP contribution in [0.25, 0.3) is 10.9 Å². The largest absolute Gasteiger partial charge is 0.493 e. The van der Waals surface area contributed by atoms with E-state index in [1.54, 1.807) is 30.5 Å². The number of hydrogen-bond acceptors (Lipinski definition) is 8. The van der Waals surface area contributed by atoms with Crippen LogP contribution in [0.15, 0.2) is 58.4 Å². The lowest BCUT2D eigenvalue weighted by molar-refractivity contribution is -0.00130. The maximum absolute atomic E-state index is 14.2. The van der Waals surface area contributed by atoms with Gasteiger partial charge in [-0.2, -0.15) is 0 Å². The van der Waals surface area contributed by atoms with Gasteiger partial charge in [0.25, 0.3) is 0 Å². The van der Waals surface area contributed by atoms with Gasteiger partial charge in [0.15, 0.2) is 30.2 Å². The molecule has 0 radical (unpaired) electrons. The smallest absolute Gasteiger partial charge is 0.190 e. The number of amidine groups is 1. The van der Waals surface area contributed by atoms with Crippen LogP contribution in [0.4, 0.5) is 15.9 Å². The van der Waals surface area contributed by atoms with Crippen LogP contribution in [-0.2, 0) is 4.74 Å². The molecular weight excluding hydrogens is 425 g/mol. The summed E-state index contributed by atoms with van der Waals surface area (Å²) in [5.74, 6) is 1.45. The van der Waals surface area contributed by atoms with Crippen LogP contribution >= 0.6 is 11.6 Å². The van der Waals surface area contributed by atoms with E-state index < -0.39 is 5.82 Å². The molecule has 0 amide bonds. The lowest BCUT2D eigenvalue weighted by Gasteiger charge is -2.27. The molecule has 2 aliphatic rings. The van der Waals surface area contributed by atoms with Gasteiger partial charge in [-0.25, -0.2) is 24.3 Å². The van der Waals surface area contributed by atoms with Crippen LogP contribution < -0.4 is 14.8 Å². The summed E-state index contributed by atoms with van der Waals surface area (Å²) in [5, 5.41) is 3.91. The van der Waals surface area contributed by atoms with Crippen molar-refractivity contribution in [3.8, 4) is 11.5 Å². The Morgan fingerprint density at radius 3 is 2.81 bits per heavy atom. The highest BCUT2D eigenvalue weighted by atomic mass is 35.5. The Bertz CT molecular complexity index is 1270. The van der Waals surface area contributed by atoms with Gasteiger partial charge in [-0.15, -0.1) is 0 Å². The molecule has 3 heterocycles. The third kappa shape index (κ3) is 3.69. The first-order valence-corrected chi connectivity index (χ1v) is 9.62. The number of aromatic nitrogens is 2. The van der Waals surface area contributed by atoms with Gasteiger partial charge in [0.2, 0.25) is 0 Å². The molecule has 3 aromatic rings. The SMILES string of the molecule is COc1cc2c(Nc3ccc(Cl)cc3F)ncnc2cc1OCOC1c2ccnc1n2. The molecule has 1 unspecified atom stereocenters. The number of nitrogens with one attached hydrogen (secondary N) is 1. The van der Waals surface area contributed by atoms with E-state index in [0.29, 0.717) is 39.1 Å². The number of anilines is 2. The first kappa shape index (κ1) is 19.4. The van der Waals surface area contributed by atoms with Crippen molar-refractivity contribution in [3.63, 3.8) is 0 Å². The van der Waals surface area contributed by atoms with Crippen molar-refractivity contribution in [2.45, 2.75) is 6.10 Å². The van der Waals surface area contributed by atoms with Gasteiger partial charge >= 0.3 is 0 Å². The lowest BCUT2D eigenvalue weighted by atomic mass is 10.1. The number of rotatable bonds is 7. The van der Waals surface area contributed by atoms with Crippen LogP contribution in [0.2, 0.25) is 5.02 Å². The fourth-order valence-corrected chi connectivity index (χ4v) is 3.37. The van der Waals surface area contributed by atoms with Crippen LogP contribution in [0.5, 0.6) is 11.5 Å². The average molecular weight is 440 g/mol. The number of aliphatic imine (C=N–C) groups is 2. The summed E-state index contributed by atoms with van der Waals surface area (Å²) in [6, 6.07) is 7.78. The third-order valence-corrected chi connectivity index (χ3v) is 4.99. The van der Waals surface area contributed by atoms with Gasteiger partial charge < -0.3 is 19.5 Å². The second kappa shape index (κ2) is 7.93. The van der Waals surface area contributed by atoms with E-state index in [1.165, 1.54) is 25.6 Å². The molecule has 0 saturated heterocycles. The Labute approximate surface area is 181 Å². The predicted octanol–water partition coefficient (Wildman–Crippen LogP) is 4.28. The zero-order chi connectivity index (χ0) is 21.4. The van der Waals surface area contributed by atoms with Gasteiger partial charge in [0, 0.05) is 22.7 Å². The monoisotopic (exact) mass is 439 g/mol. The van der Waals surface area contributed by atoms with Crippen molar-refractivity contribution in [1.29, 1.82) is 0 Å². The summed E-state index contributed by atoms with van der Waals surface area (Å²) in [7, 11) is 1.52. The van der Waals surface area contributed by atoms with E-state index in [0.717, 1.165) is 5.70 Å². The standard InChI is InChI=1S/C21H15ClFN5O3/c1-29-17-7-12-16(8-18(17)30-10-31-19-15-4-5-24-21(19)28-15)25-9-26-20(12)27-14-3-2-11(22)6-13(14)23/h2-9,19H,10H2,1H3,(H,25,26,27). The Morgan fingerprint density at radius 1 is 1.16 bits per heavy atom. The van der Waals surface area contributed by atoms with Crippen molar-refractivity contribution in [1.82, 2.24) is 9.97 Å². The van der Waals surface area contributed by atoms with Gasteiger partial charge in [-0.3, -0.25) is 0 Å². The minimum atomic E-state index is -0.492. The fourth-order valence-electron chi connectivity index (χ4n) is 3.21. The molecule has 1 aromatic heterocycles. The molecule has 1 N–H and O–H groups in total. The molecule has 0 saturated carbocycles. The predicted molar refractivity (Wildman–Crippen MR) is 115 cm³/mol. The van der Waals surface area contributed by atoms with E-state index in [-0.39, 0.29) is 18.6 Å². The summed E-state index contributed by atoms with van der Waals surface area (Å²) in [5.41, 5.74) is 1.64. The number of nitrogens with zero attached hydrogens (tertiary/aromatic N) is 4. The van der Waals surface area contributed by atoms with E-state index in [2.05, 4.69) is 25.3 Å². The molecule has 0 aliphatic carbocycles. The second-order valence-electron chi connectivity index (χ2n) is 6.64. The molecule has 0 fully saturated rings. The highest BCUT2D eigenvalue weighted by molar-refractivity contribution is 6.30. The lowest BCUT2D eigenvalue weighted by Crippen LogP contribution is -2.36. The van der Waals surface area contributed by atoms with Crippen molar-refractivity contribution in [2.24, 2.45) is 9.98 Å². The van der Waals surface area contributed by atoms with Gasteiger partial charge in [-0.1, -0.05) is 11.6 Å². The number of benzene rings is 2. The van der Waals surface area contributed by atoms with Crippen LogP contribution in [0, 0.1) is 5.82 Å². The van der Waals surface area contributed by atoms with Crippen molar-refractivity contribution < 1.29 is 18.6 Å². The normalized spacial score (nSPS) is 16.4. The molecule has 2 aliphatic heterocycles. The van der Waals surface area contributed by atoms with Crippen molar-refractivity contribution in [3.05, 3.63) is 59.3 Å². The van der Waals surface area contributed by atoms with Crippen molar-refractivity contribution in [2.75, 3.05) is 19.2 Å². The molecule has 1 atom stereocenters. The van der Waals surface area contributed by atoms with E-state index in [4.69, 9.17) is 25.8 Å². The molecule has 31 heavy (non-hydrogen) atoms. The van der Waals surface area contributed by atoms with Crippen LogP contribution in [-0.4, -0.2) is 42.0 Å². The summed E-state index contributed by atoms with van der Waals surface area (Å²) in [4.78, 5) is 16.8. The summed E-state index contributed by atoms with van der Waals surface area (Å²) in [6.07, 6.45) is 4.59. The average Bonchev–Trinajstić information content (AvgIpc) is 2.78. The maximum atomic E-state index is 14.2. The molecule has 10 heteroatoms. The minimum absolute atomic E-state index is 0.0232. The number of halogens is 2. The third-order valence-electron chi connectivity index (χ3n) is 4.75. The fraction of sp³-hybridized carbons (Fsp3) is 0.143. The molecular formula is C21H15ClFN5O3. The minimum Gasteiger partial charge on any atom is -0.493 e. The summed E-state index contributed by atoms with van der Waals surface area (Å²) in [6.45, 7) is -0.0232. The number of hydrogen-bond donors (Lipinski definition) is 1. The van der Waals surface area contributed by atoms with Crippen LogP contribution in [0.3, 0.4) is 0 Å². The first-order valence-electron chi connectivity index (χ1n) is 9.24. The Hall–Kier alpha value is -3.56. The number of ether oxygens (including phenoxy) is 3. The number of allylic oxidation sites excluding steroid dienone is 1. The number of dihydropyridines is 1. The zero-order valence-corrected chi connectivity index (χ0v) is 16.9. The number of methoxy groups -OCH3 is 1. The Kier molecular flexibility index (Phi) is 4.97. The highest BCUT2D eigenvalue weighted by Crippen LogP contribution is 2.35. The summed E-state index contributed by atoms with van der Waals surface area (Å²) < 4.78 is 31.1. The van der Waals surface area contributed by atoms with Gasteiger partial charge in [-0.05, 0) is 30.3 Å².